The lowest BCUT2D eigenvalue weighted by Gasteiger charge is -2.29. The maximum atomic E-state index is 5.98. The molecule has 0 aliphatic rings. The summed E-state index contributed by atoms with van der Waals surface area (Å²) in [6, 6.07) is 18.7. The molecule has 0 radical (unpaired) electrons. The summed E-state index contributed by atoms with van der Waals surface area (Å²) in [5.74, 6) is 0. The number of nitrogens with one attached hydrogen (secondary N) is 1. The van der Waals surface area contributed by atoms with Crippen molar-refractivity contribution in [1.82, 2.24) is 5.32 Å². The fourth-order valence-electron chi connectivity index (χ4n) is 2.09. The molecule has 0 bridgehead atoms. The molecule has 0 heterocycles. The third-order valence-electron chi connectivity index (χ3n) is 2.91. The monoisotopic (exact) mass is 273 g/mol. The van der Waals surface area contributed by atoms with E-state index >= 15 is 0 Å². The van der Waals surface area contributed by atoms with Crippen LogP contribution in [0.4, 0.5) is 0 Å². The zero-order valence-electron chi connectivity index (χ0n) is 11.7. The number of halogens is 1. The molecule has 0 aromatic heterocycles. The maximum Gasteiger partial charge on any atom is 0.0580 e. The molecule has 0 saturated carbocycles. The Balaban J connectivity index is 2.37. The lowest BCUT2D eigenvalue weighted by molar-refractivity contribution is 0.391. The van der Waals surface area contributed by atoms with Gasteiger partial charge in [-0.3, -0.25) is 0 Å². The van der Waals surface area contributed by atoms with E-state index in [1.807, 2.05) is 18.2 Å². The molecule has 1 N–H and O–H groups in total. The van der Waals surface area contributed by atoms with Crippen LogP contribution in [0.15, 0.2) is 54.6 Å². The molecule has 0 spiro atoms. The largest absolute Gasteiger partial charge is 0.302 e. The van der Waals surface area contributed by atoms with Gasteiger partial charge in [0.15, 0.2) is 0 Å². The van der Waals surface area contributed by atoms with Gasteiger partial charge >= 0.3 is 0 Å². The van der Waals surface area contributed by atoms with Crippen molar-refractivity contribution in [2.75, 3.05) is 0 Å². The van der Waals surface area contributed by atoms with Gasteiger partial charge in [0.1, 0.15) is 0 Å². The fourth-order valence-corrected chi connectivity index (χ4v) is 2.22. The molecule has 2 aromatic rings. The van der Waals surface area contributed by atoms with Crippen molar-refractivity contribution in [1.29, 1.82) is 0 Å². The van der Waals surface area contributed by atoms with Gasteiger partial charge in [0.2, 0.25) is 0 Å². The van der Waals surface area contributed by atoms with E-state index in [1.165, 1.54) is 11.1 Å². The standard InChI is InChI=1S/C17H20ClN/c1-17(2,3)19-16(13-7-5-4-6-8-13)14-9-11-15(18)12-10-14/h4-12,16,19H,1-3H3. The minimum absolute atomic E-state index is 0.0418. The summed E-state index contributed by atoms with van der Waals surface area (Å²) in [6.45, 7) is 6.54. The Kier molecular flexibility index (Phi) is 4.28. The molecule has 0 aliphatic carbocycles. The molecule has 1 nitrogen and oxygen atoms in total. The molecule has 100 valence electrons. The van der Waals surface area contributed by atoms with Gasteiger partial charge in [-0.1, -0.05) is 54.1 Å². The third-order valence-corrected chi connectivity index (χ3v) is 3.17. The normalized spacial score (nSPS) is 13.3. The Morgan fingerprint density at radius 2 is 1.37 bits per heavy atom. The minimum Gasteiger partial charge on any atom is -0.302 e. The first kappa shape index (κ1) is 14.1. The van der Waals surface area contributed by atoms with Crippen LogP contribution in [0.3, 0.4) is 0 Å². The predicted molar refractivity (Wildman–Crippen MR) is 82.6 cm³/mol. The van der Waals surface area contributed by atoms with Gasteiger partial charge in [0.25, 0.3) is 0 Å². The van der Waals surface area contributed by atoms with Crippen molar-refractivity contribution in [3.8, 4) is 0 Å². The topological polar surface area (TPSA) is 12.0 Å². The van der Waals surface area contributed by atoms with Gasteiger partial charge in [-0.2, -0.15) is 0 Å². The van der Waals surface area contributed by atoms with E-state index < -0.39 is 0 Å². The van der Waals surface area contributed by atoms with E-state index in [2.05, 4.69) is 62.5 Å². The molecule has 2 rings (SSSR count). The smallest absolute Gasteiger partial charge is 0.0580 e. The lowest BCUT2D eigenvalue weighted by Crippen LogP contribution is -2.39. The maximum absolute atomic E-state index is 5.98. The zero-order chi connectivity index (χ0) is 13.9. The minimum atomic E-state index is 0.0418. The fraction of sp³-hybridized carbons (Fsp3) is 0.294. The van der Waals surface area contributed by atoms with Crippen LogP contribution in [0, 0.1) is 0 Å². The second-order valence-corrected chi connectivity index (χ2v) is 6.23. The van der Waals surface area contributed by atoms with E-state index in [0.717, 1.165) is 5.02 Å². The van der Waals surface area contributed by atoms with Gasteiger partial charge in [-0.25, -0.2) is 0 Å². The molecular weight excluding hydrogens is 254 g/mol. The summed E-state index contributed by atoms with van der Waals surface area (Å²) in [6.07, 6.45) is 0. The molecule has 19 heavy (non-hydrogen) atoms. The van der Waals surface area contributed by atoms with Crippen LogP contribution in [-0.2, 0) is 0 Å². The summed E-state index contributed by atoms with van der Waals surface area (Å²) in [5, 5.41) is 4.43. The van der Waals surface area contributed by atoms with Crippen molar-refractivity contribution in [3.63, 3.8) is 0 Å². The van der Waals surface area contributed by atoms with Gasteiger partial charge in [-0.05, 0) is 44.0 Å². The summed E-state index contributed by atoms with van der Waals surface area (Å²) in [7, 11) is 0. The Bertz CT molecular complexity index is 511. The van der Waals surface area contributed by atoms with Crippen LogP contribution in [0.25, 0.3) is 0 Å². The highest BCUT2D eigenvalue weighted by molar-refractivity contribution is 6.30. The van der Waals surface area contributed by atoms with Crippen LogP contribution in [0.5, 0.6) is 0 Å². The highest BCUT2D eigenvalue weighted by Gasteiger charge is 2.20. The van der Waals surface area contributed by atoms with Crippen molar-refractivity contribution in [3.05, 3.63) is 70.7 Å². The van der Waals surface area contributed by atoms with Crippen molar-refractivity contribution in [2.24, 2.45) is 0 Å². The summed E-state index contributed by atoms with van der Waals surface area (Å²) < 4.78 is 0. The number of hydrogen-bond acceptors (Lipinski definition) is 1. The van der Waals surface area contributed by atoms with Crippen LogP contribution >= 0.6 is 11.6 Å². The van der Waals surface area contributed by atoms with Crippen molar-refractivity contribution in [2.45, 2.75) is 32.4 Å². The average Bonchev–Trinajstić information content (AvgIpc) is 2.37. The van der Waals surface area contributed by atoms with E-state index in [4.69, 9.17) is 11.6 Å². The molecule has 0 saturated heterocycles. The lowest BCUT2D eigenvalue weighted by atomic mass is 9.95. The second kappa shape index (κ2) is 5.77. The van der Waals surface area contributed by atoms with E-state index in [9.17, 15) is 0 Å². The summed E-state index contributed by atoms with van der Waals surface area (Å²) >= 11 is 5.98. The molecule has 1 unspecified atom stereocenters. The van der Waals surface area contributed by atoms with Gasteiger partial charge < -0.3 is 5.32 Å². The quantitative estimate of drug-likeness (QED) is 0.846. The predicted octanol–water partition coefficient (Wildman–Crippen LogP) is 4.82. The van der Waals surface area contributed by atoms with Crippen molar-refractivity contribution < 1.29 is 0 Å². The molecule has 1 atom stereocenters. The highest BCUT2D eigenvalue weighted by atomic mass is 35.5. The van der Waals surface area contributed by atoms with E-state index in [1.54, 1.807) is 0 Å². The molecule has 0 aliphatic heterocycles. The first-order valence-corrected chi connectivity index (χ1v) is 6.92. The average molecular weight is 274 g/mol. The van der Waals surface area contributed by atoms with Crippen LogP contribution in [0.1, 0.15) is 37.9 Å². The van der Waals surface area contributed by atoms with E-state index in [0.29, 0.717) is 0 Å². The SMILES string of the molecule is CC(C)(C)NC(c1ccccc1)c1ccc(Cl)cc1. The number of rotatable bonds is 3. The van der Waals surface area contributed by atoms with Crippen LogP contribution in [0.2, 0.25) is 5.02 Å². The number of hydrogen-bond donors (Lipinski definition) is 1. The van der Waals surface area contributed by atoms with Gasteiger partial charge in [-0.15, -0.1) is 0 Å². The first-order chi connectivity index (χ1) is 8.96. The molecule has 2 heteroatoms. The van der Waals surface area contributed by atoms with Crippen LogP contribution in [-0.4, -0.2) is 5.54 Å². The van der Waals surface area contributed by atoms with Gasteiger partial charge in [0.05, 0.1) is 6.04 Å². The highest BCUT2D eigenvalue weighted by Crippen LogP contribution is 2.25. The Hall–Kier alpha value is -1.31. The third kappa shape index (κ3) is 4.09. The Labute approximate surface area is 120 Å². The molecule has 2 aromatic carbocycles. The Morgan fingerprint density at radius 1 is 0.842 bits per heavy atom. The molecular formula is C17H20ClN. The van der Waals surface area contributed by atoms with Crippen molar-refractivity contribution >= 4 is 11.6 Å². The molecule has 0 amide bonds. The summed E-state index contributed by atoms with van der Waals surface area (Å²) in [5.41, 5.74) is 2.53. The zero-order valence-corrected chi connectivity index (χ0v) is 12.4. The van der Waals surface area contributed by atoms with E-state index in [-0.39, 0.29) is 11.6 Å². The first-order valence-electron chi connectivity index (χ1n) is 6.54. The summed E-state index contributed by atoms with van der Waals surface area (Å²) in [4.78, 5) is 0. The second-order valence-electron chi connectivity index (χ2n) is 5.79. The van der Waals surface area contributed by atoms with Gasteiger partial charge in [0, 0.05) is 10.6 Å². The van der Waals surface area contributed by atoms with Crippen LogP contribution < -0.4 is 5.32 Å². The Morgan fingerprint density at radius 3 is 1.89 bits per heavy atom. The molecule has 0 fully saturated rings. The number of benzene rings is 2.